The Morgan fingerprint density at radius 3 is 2.86 bits per heavy atom. The van der Waals surface area contributed by atoms with Crippen LogP contribution in [0.1, 0.15) is 50.0 Å². The predicted molar refractivity (Wildman–Crippen MR) is 110 cm³/mol. The molecule has 1 aromatic carbocycles. The summed E-state index contributed by atoms with van der Waals surface area (Å²) in [4.78, 5) is 19.1. The maximum Gasteiger partial charge on any atom is 0.242 e. The minimum atomic E-state index is -0.468. The van der Waals surface area contributed by atoms with Gasteiger partial charge in [-0.3, -0.25) is 15.1 Å². The second-order valence-corrected chi connectivity index (χ2v) is 8.21. The molecule has 2 saturated heterocycles. The van der Waals surface area contributed by atoms with Gasteiger partial charge in [0.15, 0.2) is 0 Å². The first-order valence-corrected chi connectivity index (χ1v) is 10.4. The zero-order chi connectivity index (χ0) is 20.6. The van der Waals surface area contributed by atoms with Crippen LogP contribution in [0.15, 0.2) is 30.3 Å². The Balaban J connectivity index is 1.63. The van der Waals surface area contributed by atoms with Crippen molar-refractivity contribution in [1.82, 2.24) is 15.2 Å². The molecular weight excluding hydrogens is 369 g/mol. The Bertz CT molecular complexity index is 932. The van der Waals surface area contributed by atoms with E-state index in [4.69, 9.17) is 9.72 Å². The van der Waals surface area contributed by atoms with Crippen LogP contribution in [0, 0.1) is 12.7 Å². The number of carbonyl (C=O) groups excluding carboxylic acids is 1. The molecule has 1 spiro atoms. The molecule has 0 aliphatic carbocycles. The maximum atomic E-state index is 14.6. The zero-order valence-corrected chi connectivity index (χ0v) is 17.3. The summed E-state index contributed by atoms with van der Waals surface area (Å²) in [7, 11) is 1.85. The highest BCUT2D eigenvalue weighted by Crippen LogP contribution is 2.39. The lowest BCUT2D eigenvalue weighted by Gasteiger charge is -2.23. The van der Waals surface area contributed by atoms with E-state index in [1.54, 1.807) is 17.0 Å². The zero-order valence-electron chi connectivity index (χ0n) is 17.3. The van der Waals surface area contributed by atoms with Gasteiger partial charge in [-0.2, -0.15) is 0 Å². The third kappa shape index (κ3) is 3.73. The fourth-order valence-corrected chi connectivity index (χ4v) is 4.45. The molecule has 2 fully saturated rings. The van der Waals surface area contributed by atoms with Gasteiger partial charge >= 0.3 is 0 Å². The molecule has 1 amide bonds. The number of amides is 1. The number of aryl methyl sites for hydroxylation is 1. The second kappa shape index (κ2) is 7.75. The van der Waals surface area contributed by atoms with Crippen molar-refractivity contribution in [3.63, 3.8) is 0 Å². The molecule has 6 heteroatoms. The summed E-state index contributed by atoms with van der Waals surface area (Å²) < 4.78 is 20.3. The summed E-state index contributed by atoms with van der Waals surface area (Å²) in [5.41, 5.74) is 2.51. The summed E-state index contributed by atoms with van der Waals surface area (Å²) in [5, 5.41) is 3.55. The summed E-state index contributed by atoms with van der Waals surface area (Å²) in [5.74, 6) is 0.547. The Labute approximate surface area is 171 Å². The van der Waals surface area contributed by atoms with Gasteiger partial charge in [0.1, 0.15) is 17.1 Å². The van der Waals surface area contributed by atoms with Gasteiger partial charge < -0.3 is 9.64 Å². The van der Waals surface area contributed by atoms with E-state index in [0.717, 1.165) is 49.2 Å². The number of likely N-dealkylation sites (tertiary alicyclic amines) is 1. The van der Waals surface area contributed by atoms with Crippen LogP contribution in [0.4, 0.5) is 4.39 Å². The molecule has 0 saturated carbocycles. The molecule has 0 radical (unpaired) electrons. The molecule has 2 aliphatic rings. The standard InChI is InChI=1S/C23H28FN3O2/c1-4-11-29-17-5-6-19(24)18(14-17)16-12-15(2)25-21(13-16)20-7-8-23(26-20)9-10-27(3)22(23)28/h5-6,12-14,20,26H,4,7-11H2,1-3H3/t20-,23+/m1/s1. The van der Waals surface area contributed by atoms with Gasteiger partial charge in [0.05, 0.1) is 18.3 Å². The lowest BCUT2D eigenvalue weighted by Crippen LogP contribution is -2.47. The first kappa shape index (κ1) is 19.8. The number of nitrogens with zero attached hydrogens (tertiary/aromatic N) is 2. The quantitative estimate of drug-likeness (QED) is 0.828. The van der Waals surface area contributed by atoms with E-state index in [-0.39, 0.29) is 17.8 Å². The molecule has 2 aromatic rings. The second-order valence-electron chi connectivity index (χ2n) is 8.21. The van der Waals surface area contributed by atoms with Gasteiger partial charge in [-0.25, -0.2) is 4.39 Å². The molecule has 3 heterocycles. The van der Waals surface area contributed by atoms with Crippen molar-refractivity contribution in [2.24, 2.45) is 0 Å². The summed E-state index contributed by atoms with van der Waals surface area (Å²) in [6.45, 7) is 5.34. The van der Waals surface area contributed by atoms with Crippen LogP contribution in [0.2, 0.25) is 0 Å². The van der Waals surface area contributed by atoms with E-state index in [9.17, 15) is 9.18 Å². The monoisotopic (exact) mass is 397 g/mol. The van der Waals surface area contributed by atoms with Crippen LogP contribution in [0.5, 0.6) is 5.75 Å². The van der Waals surface area contributed by atoms with Crippen LogP contribution in [-0.2, 0) is 4.79 Å². The van der Waals surface area contributed by atoms with Crippen molar-refractivity contribution in [2.45, 2.75) is 51.1 Å². The number of nitrogens with one attached hydrogen (secondary N) is 1. The summed E-state index contributed by atoms with van der Waals surface area (Å²) >= 11 is 0. The van der Waals surface area contributed by atoms with Crippen LogP contribution in [0.3, 0.4) is 0 Å². The minimum absolute atomic E-state index is 0.00770. The Kier molecular flexibility index (Phi) is 5.30. The van der Waals surface area contributed by atoms with Gasteiger partial charge in [-0.15, -0.1) is 0 Å². The molecule has 0 unspecified atom stereocenters. The Morgan fingerprint density at radius 2 is 2.14 bits per heavy atom. The lowest BCUT2D eigenvalue weighted by molar-refractivity contribution is -0.131. The number of aromatic nitrogens is 1. The number of hydrogen-bond donors (Lipinski definition) is 1. The minimum Gasteiger partial charge on any atom is -0.494 e. The average Bonchev–Trinajstić information content (AvgIpc) is 3.27. The first-order valence-electron chi connectivity index (χ1n) is 10.4. The molecule has 4 rings (SSSR count). The van der Waals surface area contributed by atoms with E-state index >= 15 is 0 Å². The molecule has 154 valence electrons. The van der Waals surface area contributed by atoms with Crippen molar-refractivity contribution in [1.29, 1.82) is 0 Å². The normalized spacial score (nSPS) is 23.9. The highest BCUT2D eigenvalue weighted by atomic mass is 19.1. The molecule has 2 aliphatic heterocycles. The number of hydrogen-bond acceptors (Lipinski definition) is 4. The van der Waals surface area contributed by atoms with Crippen molar-refractivity contribution >= 4 is 5.91 Å². The topological polar surface area (TPSA) is 54.5 Å². The van der Waals surface area contributed by atoms with Crippen LogP contribution >= 0.6 is 0 Å². The Morgan fingerprint density at radius 1 is 1.31 bits per heavy atom. The fourth-order valence-electron chi connectivity index (χ4n) is 4.45. The summed E-state index contributed by atoms with van der Waals surface area (Å²) in [6.07, 6.45) is 3.37. The smallest absolute Gasteiger partial charge is 0.242 e. The number of halogens is 1. The largest absolute Gasteiger partial charge is 0.494 e. The highest BCUT2D eigenvalue weighted by molar-refractivity contribution is 5.88. The van der Waals surface area contributed by atoms with Crippen LogP contribution in [0.25, 0.3) is 11.1 Å². The third-order valence-corrected chi connectivity index (χ3v) is 5.99. The maximum absolute atomic E-state index is 14.6. The molecular formula is C23H28FN3O2. The molecule has 29 heavy (non-hydrogen) atoms. The number of benzene rings is 1. The lowest BCUT2D eigenvalue weighted by atomic mass is 9.96. The van der Waals surface area contributed by atoms with E-state index < -0.39 is 5.54 Å². The number of rotatable bonds is 5. The highest BCUT2D eigenvalue weighted by Gasteiger charge is 2.50. The molecule has 1 aromatic heterocycles. The number of carbonyl (C=O) groups is 1. The van der Waals surface area contributed by atoms with Gasteiger partial charge in [0, 0.05) is 24.8 Å². The van der Waals surface area contributed by atoms with E-state index in [1.165, 1.54) is 6.07 Å². The fraction of sp³-hybridized carbons (Fsp3) is 0.478. The summed E-state index contributed by atoms with van der Waals surface area (Å²) in [6, 6.07) is 8.69. The van der Waals surface area contributed by atoms with Gasteiger partial charge in [-0.05, 0) is 68.5 Å². The van der Waals surface area contributed by atoms with E-state index in [0.29, 0.717) is 17.9 Å². The molecule has 2 atom stereocenters. The van der Waals surface area contributed by atoms with Gasteiger partial charge in [0.2, 0.25) is 5.91 Å². The van der Waals surface area contributed by atoms with Gasteiger partial charge in [-0.1, -0.05) is 6.92 Å². The first-order chi connectivity index (χ1) is 13.9. The average molecular weight is 397 g/mol. The SMILES string of the molecule is CCCOc1ccc(F)c(-c2cc(C)nc([C@H]3CC[C@@]4(CCN(C)C4=O)N3)c2)c1. The Hall–Kier alpha value is -2.47. The number of pyridine rings is 1. The third-order valence-electron chi connectivity index (χ3n) is 5.99. The van der Waals surface area contributed by atoms with Crippen molar-refractivity contribution < 1.29 is 13.9 Å². The van der Waals surface area contributed by atoms with Crippen molar-refractivity contribution in [2.75, 3.05) is 20.2 Å². The number of ether oxygens (including phenoxy) is 1. The van der Waals surface area contributed by atoms with E-state index in [1.807, 2.05) is 33.0 Å². The van der Waals surface area contributed by atoms with Crippen molar-refractivity contribution in [3.8, 4) is 16.9 Å². The van der Waals surface area contributed by atoms with Crippen molar-refractivity contribution in [3.05, 3.63) is 47.5 Å². The van der Waals surface area contributed by atoms with Crippen LogP contribution < -0.4 is 10.1 Å². The molecule has 1 N–H and O–H groups in total. The van der Waals surface area contributed by atoms with E-state index in [2.05, 4.69) is 5.32 Å². The predicted octanol–water partition coefficient (Wildman–Crippen LogP) is 4.01. The molecule has 5 nitrogen and oxygen atoms in total. The number of likely N-dealkylation sites (N-methyl/N-ethyl adjacent to an activating group) is 1. The van der Waals surface area contributed by atoms with Gasteiger partial charge in [0.25, 0.3) is 0 Å². The molecule has 0 bridgehead atoms. The van der Waals surface area contributed by atoms with Crippen LogP contribution in [-0.4, -0.2) is 41.5 Å².